The molecule has 0 atom stereocenters. The third-order valence-corrected chi connectivity index (χ3v) is 5.26. The molecule has 1 heterocycles. The number of rotatable bonds is 4. The third kappa shape index (κ3) is 4.00. The summed E-state index contributed by atoms with van der Waals surface area (Å²) in [6.07, 6.45) is 0. The SMILES string of the molecule is CC(C)(C(N)=S)N1CCN(Cc2ccc(F)c(Br)c2)CC1. The van der Waals surface area contributed by atoms with Crippen LogP contribution in [0.1, 0.15) is 19.4 Å². The summed E-state index contributed by atoms with van der Waals surface area (Å²) in [5.74, 6) is -0.221. The van der Waals surface area contributed by atoms with E-state index >= 15 is 0 Å². The molecule has 0 aromatic heterocycles. The van der Waals surface area contributed by atoms with Gasteiger partial charge in [-0.05, 0) is 47.5 Å². The van der Waals surface area contributed by atoms with Crippen LogP contribution in [0.3, 0.4) is 0 Å². The summed E-state index contributed by atoms with van der Waals surface area (Å²) in [5, 5.41) is 0. The highest BCUT2D eigenvalue weighted by molar-refractivity contribution is 9.10. The molecule has 3 nitrogen and oxygen atoms in total. The van der Waals surface area contributed by atoms with Crippen molar-refractivity contribution in [2.45, 2.75) is 25.9 Å². The monoisotopic (exact) mass is 373 g/mol. The maximum absolute atomic E-state index is 13.2. The summed E-state index contributed by atoms with van der Waals surface area (Å²) in [7, 11) is 0. The van der Waals surface area contributed by atoms with Gasteiger partial charge in [-0.3, -0.25) is 9.80 Å². The lowest BCUT2D eigenvalue weighted by Gasteiger charge is -2.43. The Hall–Kier alpha value is -0.560. The second kappa shape index (κ2) is 6.69. The molecule has 1 aliphatic heterocycles. The van der Waals surface area contributed by atoms with Crippen molar-refractivity contribution in [1.29, 1.82) is 0 Å². The average molecular weight is 374 g/mol. The molecule has 1 fully saturated rings. The molecule has 116 valence electrons. The van der Waals surface area contributed by atoms with E-state index in [-0.39, 0.29) is 11.4 Å². The van der Waals surface area contributed by atoms with Gasteiger partial charge >= 0.3 is 0 Å². The Morgan fingerprint density at radius 3 is 2.48 bits per heavy atom. The molecule has 0 amide bonds. The van der Waals surface area contributed by atoms with Gasteiger partial charge in [0, 0.05) is 32.7 Å². The molecule has 0 spiro atoms. The minimum Gasteiger partial charge on any atom is -0.392 e. The van der Waals surface area contributed by atoms with Crippen LogP contribution in [-0.4, -0.2) is 46.5 Å². The van der Waals surface area contributed by atoms with Crippen LogP contribution in [0, 0.1) is 5.82 Å². The lowest BCUT2D eigenvalue weighted by Crippen LogP contribution is -2.59. The van der Waals surface area contributed by atoms with Crippen LogP contribution in [0.2, 0.25) is 0 Å². The van der Waals surface area contributed by atoms with Gasteiger partial charge in [0.05, 0.1) is 15.0 Å². The van der Waals surface area contributed by atoms with Crippen molar-refractivity contribution in [3.8, 4) is 0 Å². The first-order chi connectivity index (χ1) is 9.80. The second-order valence-electron chi connectivity index (χ2n) is 5.93. The summed E-state index contributed by atoms with van der Waals surface area (Å²) < 4.78 is 13.8. The summed E-state index contributed by atoms with van der Waals surface area (Å²) in [5.41, 5.74) is 6.71. The Morgan fingerprint density at radius 2 is 1.95 bits per heavy atom. The zero-order chi connectivity index (χ0) is 15.6. The van der Waals surface area contributed by atoms with Crippen molar-refractivity contribution in [3.63, 3.8) is 0 Å². The molecule has 1 aromatic carbocycles. The minimum atomic E-state index is -0.236. The quantitative estimate of drug-likeness (QED) is 0.822. The molecule has 6 heteroatoms. The number of nitrogens with two attached hydrogens (primary N) is 1. The number of thiocarbonyl (C=S) groups is 1. The van der Waals surface area contributed by atoms with E-state index in [0.717, 1.165) is 38.3 Å². The maximum Gasteiger partial charge on any atom is 0.137 e. The van der Waals surface area contributed by atoms with Crippen LogP contribution in [0.4, 0.5) is 4.39 Å². The van der Waals surface area contributed by atoms with Gasteiger partial charge in [0.25, 0.3) is 0 Å². The minimum absolute atomic E-state index is 0.221. The average Bonchev–Trinajstić information content (AvgIpc) is 2.43. The van der Waals surface area contributed by atoms with Crippen LogP contribution in [-0.2, 0) is 6.54 Å². The highest BCUT2D eigenvalue weighted by atomic mass is 79.9. The van der Waals surface area contributed by atoms with Crippen molar-refractivity contribution in [3.05, 3.63) is 34.1 Å². The van der Waals surface area contributed by atoms with Crippen molar-refractivity contribution in [2.24, 2.45) is 5.73 Å². The molecule has 1 aliphatic rings. The highest BCUT2D eigenvalue weighted by Gasteiger charge is 2.32. The van der Waals surface area contributed by atoms with E-state index < -0.39 is 0 Å². The van der Waals surface area contributed by atoms with Crippen molar-refractivity contribution in [2.75, 3.05) is 26.2 Å². The lowest BCUT2D eigenvalue weighted by atomic mass is 10.0. The Morgan fingerprint density at radius 1 is 1.33 bits per heavy atom. The zero-order valence-electron chi connectivity index (χ0n) is 12.4. The maximum atomic E-state index is 13.2. The van der Waals surface area contributed by atoms with Crippen LogP contribution in [0.25, 0.3) is 0 Å². The Balaban J connectivity index is 1.92. The van der Waals surface area contributed by atoms with Crippen LogP contribution >= 0.6 is 28.1 Å². The fourth-order valence-corrected chi connectivity index (χ4v) is 3.07. The summed E-state index contributed by atoms with van der Waals surface area (Å²) in [6, 6.07) is 5.19. The topological polar surface area (TPSA) is 32.5 Å². The second-order valence-corrected chi connectivity index (χ2v) is 7.23. The van der Waals surface area contributed by atoms with Crippen LogP contribution in [0.15, 0.2) is 22.7 Å². The number of hydrogen-bond acceptors (Lipinski definition) is 3. The van der Waals surface area contributed by atoms with E-state index in [2.05, 4.69) is 39.6 Å². The standard InChI is InChI=1S/C15H21BrFN3S/c1-15(2,14(18)21)20-7-5-19(6-8-20)10-11-3-4-13(17)12(16)9-11/h3-4,9H,5-8,10H2,1-2H3,(H2,18,21). The first-order valence-corrected chi connectivity index (χ1v) is 8.22. The Kier molecular flexibility index (Phi) is 5.35. The molecule has 0 aliphatic carbocycles. The highest BCUT2D eigenvalue weighted by Crippen LogP contribution is 2.21. The van der Waals surface area contributed by atoms with E-state index in [1.54, 1.807) is 0 Å². The number of hydrogen-bond donors (Lipinski definition) is 1. The molecular formula is C15H21BrFN3S. The van der Waals surface area contributed by atoms with Gasteiger partial charge in [-0.15, -0.1) is 0 Å². The van der Waals surface area contributed by atoms with Crippen LogP contribution in [0.5, 0.6) is 0 Å². The lowest BCUT2D eigenvalue weighted by molar-refractivity contribution is 0.0821. The van der Waals surface area contributed by atoms with Crippen LogP contribution < -0.4 is 5.73 Å². The first-order valence-electron chi connectivity index (χ1n) is 7.02. The molecule has 2 rings (SSSR count). The van der Waals surface area contributed by atoms with Gasteiger partial charge in [0.2, 0.25) is 0 Å². The smallest absolute Gasteiger partial charge is 0.137 e. The van der Waals surface area contributed by atoms with E-state index in [1.807, 2.05) is 12.1 Å². The molecular weight excluding hydrogens is 353 g/mol. The van der Waals surface area contributed by atoms with Crippen molar-refractivity contribution >= 4 is 33.1 Å². The summed E-state index contributed by atoms with van der Waals surface area (Å²) in [6.45, 7) is 8.77. The van der Waals surface area contributed by atoms with E-state index in [4.69, 9.17) is 18.0 Å². The zero-order valence-corrected chi connectivity index (χ0v) is 14.8. The molecule has 1 aromatic rings. The number of benzene rings is 1. The molecule has 21 heavy (non-hydrogen) atoms. The number of nitrogens with zero attached hydrogens (tertiary/aromatic N) is 2. The van der Waals surface area contributed by atoms with Gasteiger partial charge in [0.1, 0.15) is 5.82 Å². The number of halogens is 2. The fourth-order valence-electron chi connectivity index (χ4n) is 2.52. The van der Waals surface area contributed by atoms with Gasteiger partial charge in [0.15, 0.2) is 0 Å². The number of piperazine rings is 1. The summed E-state index contributed by atoms with van der Waals surface area (Å²) in [4.78, 5) is 5.23. The summed E-state index contributed by atoms with van der Waals surface area (Å²) >= 11 is 8.39. The molecule has 1 saturated heterocycles. The van der Waals surface area contributed by atoms with Crippen molar-refractivity contribution < 1.29 is 4.39 Å². The fraction of sp³-hybridized carbons (Fsp3) is 0.533. The normalized spacial score (nSPS) is 17.9. The predicted octanol–water partition coefficient (Wildman–Crippen LogP) is 2.77. The van der Waals surface area contributed by atoms with Gasteiger partial charge in [-0.25, -0.2) is 4.39 Å². The molecule has 0 saturated carbocycles. The largest absolute Gasteiger partial charge is 0.392 e. The molecule has 0 unspecified atom stereocenters. The third-order valence-electron chi connectivity index (χ3n) is 4.16. The van der Waals surface area contributed by atoms with E-state index in [0.29, 0.717) is 9.46 Å². The van der Waals surface area contributed by atoms with E-state index in [9.17, 15) is 4.39 Å². The van der Waals surface area contributed by atoms with Gasteiger partial charge < -0.3 is 5.73 Å². The van der Waals surface area contributed by atoms with Crippen molar-refractivity contribution in [1.82, 2.24) is 9.80 Å². The Labute approximate surface area is 139 Å². The molecule has 2 N–H and O–H groups in total. The van der Waals surface area contributed by atoms with Gasteiger partial charge in [-0.1, -0.05) is 18.3 Å². The van der Waals surface area contributed by atoms with E-state index in [1.165, 1.54) is 6.07 Å². The first kappa shape index (κ1) is 16.8. The molecule has 0 radical (unpaired) electrons. The Bertz CT molecular complexity index is 528. The molecule has 0 bridgehead atoms. The predicted molar refractivity (Wildman–Crippen MR) is 91.8 cm³/mol. The van der Waals surface area contributed by atoms with Gasteiger partial charge in [-0.2, -0.15) is 0 Å².